The third-order valence-corrected chi connectivity index (χ3v) is 2.62. The predicted octanol–water partition coefficient (Wildman–Crippen LogP) is 2.84. The normalized spacial score (nSPS) is 10.1. The van der Waals surface area contributed by atoms with E-state index >= 15 is 0 Å². The van der Waals surface area contributed by atoms with Crippen LogP contribution in [0.4, 0.5) is 0 Å². The number of rotatable bonds is 4. The topological polar surface area (TPSA) is 49.7 Å². The Hall–Kier alpha value is -0.995. The number of benzene rings is 1. The van der Waals surface area contributed by atoms with Crippen LogP contribution in [0, 0.1) is 0 Å². The molecule has 1 aromatic rings. The molecule has 0 spiro atoms. The maximum atomic E-state index is 7.00. The number of hydrogen-bond acceptors (Lipinski definition) is 3. The quantitative estimate of drug-likeness (QED) is 0.809. The lowest BCUT2D eigenvalue weighted by Gasteiger charge is -2.16. The minimum atomic E-state index is 0. The molecule has 0 aliphatic heterocycles. The molecule has 0 saturated carbocycles. The minimum absolute atomic E-state index is 0. The van der Waals surface area contributed by atoms with Gasteiger partial charge in [-0.3, -0.25) is 0 Å². The third kappa shape index (κ3) is 5.56. The van der Waals surface area contributed by atoms with Crippen LogP contribution in [0.3, 0.4) is 0 Å². The summed E-state index contributed by atoms with van der Waals surface area (Å²) in [6.45, 7) is 11.6. The standard InChI is InChI=1S/C14H22O.BH2O2/c1-6-15-14-8-7-12(10(2)3)9-13(14)11(4)5;2-1-3/h7-11H,6H2,1-5H3;2-3H. The molecule has 2 N–H and O–H groups in total. The Labute approximate surface area is 111 Å². The molecule has 4 heteroatoms. The Morgan fingerprint density at radius 3 is 2.06 bits per heavy atom. The van der Waals surface area contributed by atoms with Crippen molar-refractivity contribution in [3.05, 3.63) is 29.3 Å². The molecule has 0 unspecified atom stereocenters. The Kier molecular flexibility index (Phi) is 8.51. The fraction of sp³-hybridized carbons (Fsp3) is 0.571. The molecule has 3 nitrogen and oxygen atoms in total. The van der Waals surface area contributed by atoms with Crippen LogP contribution < -0.4 is 4.74 Å². The maximum absolute atomic E-state index is 7.00. The van der Waals surface area contributed by atoms with Crippen molar-refractivity contribution in [2.24, 2.45) is 0 Å². The van der Waals surface area contributed by atoms with E-state index in [2.05, 4.69) is 45.9 Å². The molecular weight excluding hydrogens is 227 g/mol. The van der Waals surface area contributed by atoms with Gasteiger partial charge in [-0.2, -0.15) is 0 Å². The van der Waals surface area contributed by atoms with E-state index in [0.29, 0.717) is 11.8 Å². The molecule has 0 fully saturated rings. The van der Waals surface area contributed by atoms with Crippen molar-refractivity contribution in [1.29, 1.82) is 0 Å². The van der Waals surface area contributed by atoms with E-state index in [0.717, 1.165) is 12.4 Å². The Balaban J connectivity index is 0.000000873. The summed E-state index contributed by atoms with van der Waals surface area (Å²) in [6.07, 6.45) is 0. The highest BCUT2D eigenvalue weighted by Gasteiger charge is 2.10. The van der Waals surface area contributed by atoms with Crippen molar-refractivity contribution in [3.8, 4) is 5.75 Å². The zero-order valence-corrected chi connectivity index (χ0v) is 12.0. The summed E-state index contributed by atoms with van der Waals surface area (Å²) in [7, 11) is 0. The number of hydrogen-bond donors (Lipinski definition) is 2. The van der Waals surface area contributed by atoms with E-state index in [1.54, 1.807) is 0 Å². The number of ether oxygens (including phenoxy) is 1. The van der Waals surface area contributed by atoms with Crippen LogP contribution in [0.5, 0.6) is 5.75 Å². The molecule has 101 valence electrons. The SMILES string of the molecule is CCOc1ccc(C(C)C)cc1C(C)C.O[B]O. The van der Waals surface area contributed by atoms with E-state index in [1.807, 2.05) is 6.92 Å². The van der Waals surface area contributed by atoms with Crippen LogP contribution in [-0.2, 0) is 0 Å². The lowest BCUT2D eigenvalue weighted by Crippen LogP contribution is -2.00. The van der Waals surface area contributed by atoms with Gasteiger partial charge >= 0.3 is 7.69 Å². The lowest BCUT2D eigenvalue weighted by atomic mass is 9.95. The fourth-order valence-electron chi connectivity index (χ4n) is 1.66. The van der Waals surface area contributed by atoms with Gasteiger partial charge in [0.15, 0.2) is 0 Å². The van der Waals surface area contributed by atoms with Crippen molar-refractivity contribution < 1.29 is 14.8 Å². The minimum Gasteiger partial charge on any atom is -0.494 e. The zero-order valence-electron chi connectivity index (χ0n) is 12.0. The van der Waals surface area contributed by atoms with E-state index in [4.69, 9.17) is 14.8 Å². The van der Waals surface area contributed by atoms with Crippen LogP contribution in [0.15, 0.2) is 18.2 Å². The third-order valence-electron chi connectivity index (χ3n) is 2.62. The molecule has 0 aliphatic rings. The van der Waals surface area contributed by atoms with Crippen LogP contribution in [0.1, 0.15) is 57.6 Å². The van der Waals surface area contributed by atoms with Gasteiger partial charge in [-0.1, -0.05) is 39.8 Å². The second-order valence-electron chi connectivity index (χ2n) is 4.66. The van der Waals surface area contributed by atoms with E-state index in [1.165, 1.54) is 11.1 Å². The van der Waals surface area contributed by atoms with Gasteiger partial charge in [-0.05, 0) is 36.0 Å². The molecule has 0 aliphatic carbocycles. The van der Waals surface area contributed by atoms with E-state index < -0.39 is 0 Å². The smallest absolute Gasteiger partial charge is 0.482 e. The molecule has 0 atom stereocenters. The molecule has 1 aromatic carbocycles. The average molecular weight is 251 g/mol. The fourth-order valence-corrected chi connectivity index (χ4v) is 1.66. The van der Waals surface area contributed by atoms with E-state index in [9.17, 15) is 0 Å². The van der Waals surface area contributed by atoms with Crippen molar-refractivity contribution in [3.63, 3.8) is 0 Å². The Morgan fingerprint density at radius 1 is 1.11 bits per heavy atom. The summed E-state index contributed by atoms with van der Waals surface area (Å²) in [4.78, 5) is 0. The molecule has 18 heavy (non-hydrogen) atoms. The average Bonchev–Trinajstić information content (AvgIpc) is 2.30. The summed E-state index contributed by atoms with van der Waals surface area (Å²) in [5.74, 6) is 2.14. The highest BCUT2D eigenvalue weighted by Crippen LogP contribution is 2.29. The maximum Gasteiger partial charge on any atom is 0.482 e. The van der Waals surface area contributed by atoms with Gasteiger partial charge in [0.25, 0.3) is 0 Å². The first-order valence-corrected chi connectivity index (χ1v) is 6.34. The van der Waals surface area contributed by atoms with Gasteiger partial charge in [-0.15, -0.1) is 0 Å². The summed E-state index contributed by atoms with van der Waals surface area (Å²) in [6, 6.07) is 6.55. The predicted molar refractivity (Wildman–Crippen MR) is 76.0 cm³/mol. The van der Waals surface area contributed by atoms with Gasteiger partial charge in [-0.25, -0.2) is 0 Å². The summed E-state index contributed by atoms with van der Waals surface area (Å²) < 4.78 is 5.63. The van der Waals surface area contributed by atoms with E-state index in [-0.39, 0.29) is 7.69 Å². The molecule has 0 bridgehead atoms. The van der Waals surface area contributed by atoms with Gasteiger partial charge in [0.2, 0.25) is 0 Å². The zero-order chi connectivity index (χ0) is 14.1. The molecular formula is C14H24BO3. The summed E-state index contributed by atoms with van der Waals surface area (Å²) in [5, 5.41) is 14.0. The van der Waals surface area contributed by atoms with Crippen molar-refractivity contribution in [2.75, 3.05) is 6.61 Å². The van der Waals surface area contributed by atoms with Gasteiger partial charge < -0.3 is 14.8 Å². The highest BCUT2D eigenvalue weighted by atomic mass is 16.5. The first-order chi connectivity index (χ1) is 8.47. The molecule has 0 saturated heterocycles. The molecule has 0 aromatic heterocycles. The Bertz CT molecular complexity index is 338. The first-order valence-electron chi connectivity index (χ1n) is 6.34. The second-order valence-corrected chi connectivity index (χ2v) is 4.66. The van der Waals surface area contributed by atoms with Crippen molar-refractivity contribution in [2.45, 2.75) is 46.5 Å². The Morgan fingerprint density at radius 2 is 1.67 bits per heavy atom. The van der Waals surface area contributed by atoms with Gasteiger partial charge in [0, 0.05) is 0 Å². The van der Waals surface area contributed by atoms with Crippen LogP contribution in [0.2, 0.25) is 0 Å². The highest BCUT2D eigenvalue weighted by molar-refractivity contribution is 6.13. The van der Waals surface area contributed by atoms with Crippen LogP contribution in [-0.4, -0.2) is 24.3 Å². The molecule has 1 rings (SSSR count). The van der Waals surface area contributed by atoms with Gasteiger partial charge in [0.1, 0.15) is 5.75 Å². The van der Waals surface area contributed by atoms with Gasteiger partial charge in [0.05, 0.1) is 6.61 Å². The van der Waals surface area contributed by atoms with Crippen LogP contribution in [0.25, 0.3) is 0 Å². The largest absolute Gasteiger partial charge is 0.494 e. The molecule has 0 heterocycles. The summed E-state index contributed by atoms with van der Waals surface area (Å²) in [5.41, 5.74) is 2.71. The van der Waals surface area contributed by atoms with Crippen molar-refractivity contribution in [1.82, 2.24) is 0 Å². The van der Waals surface area contributed by atoms with Crippen LogP contribution >= 0.6 is 0 Å². The summed E-state index contributed by atoms with van der Waals surface area (Å²) >= 11 is 0. The first kappa shape index (κ1) is 17.0. The van der Waals surface area contributed by atoms with Crippen molar-refractivity contribution >= 4 is 7.69 Å². The molecule has 1 radical (unpaired) electrons. The second kappa shape index (κ2) is 9.00. The monoisotopic (exact) mass is 251 g/mol. The lowest BCUT2D eigenvalue weighted by molar-refractivity contribution is 0.335. The molecule has 0 amide bonds.